The second-order valence-electron chi connectivity index (χ2n) is 7.98. The summed E-state index contributed by atoms with van der Waals surface area (Å²) in [5, 5.41) is 0. The van der Waals surface area contributed by atoms with Crippen LogP contribution in [0, 0.1) is 6.92 Å². The van der Waals surface area contributed by atoms with Crippen LogP contribution in [-0.2, 0) is 14.3 Å². The first-order valence-electron chi connectivity index (χ1n) is 10.1. The van der Waals surface area contributed by atoms with E-state index in [1.165, 1.54) is 0 Å². The summed E-state index contributed by atoms with van der Waals surface area (Å²) < 4.78 is 12.2. The van der Waals surface area contributed by atoms with E-state index < -0.39 is 5.72 Å². The number of hydrogen-bond donors (Lipinski definition) is 0. The lowest BCUT2D eigenvalue weighted by molar-refractivity contribution is -0.143. The van der Waals surface area contributed by atoms with Gasteiger partial charge >= 0.3 is 0 Å². The Balaban J connectivity index is 1.32. The van der Waals surface area contributed by atoms with E-state index in [0.717, 1.165) is 11.1 Å². The molecule has 29 heavy (non-hydrogen) atoms. The van der Waals surface area contributed by atoms with Crippen LogP contribution in [0.5, 0.6) is 5.75 Å². The van der Waals surface area contributed by atoms with Gasteiger partial charge in [0, 0.05) is 13.0 Å². The van der Waals surface area contributed by atoms with Crippen molar-refractivity contribution in [3.8, 4) is 5.75 Å². The Labute approximate surface area is 170 Å². The molecule has 0 unspecified atom stereocenters. The average molecular weight is 392 g/mol. The van der Waals surface area contributed by atoms with Gasteiger partial charge in [-0.1, -0.05) is 48.5 Å². The number of nitrogens with zero attached hydrogens (tertiary/aromatic N) is 2. The van der Waals surface area contributed by atoms with Crippen LogP contribution in [0.2, 0.25) is 0 Å². The lowest BCUT2D eigenvalue weighted by atomic mass is 10.1. The van der Waals surface area contributed by atoms with Crippen LogP contribution in [0.1, 0.15) is 30.1 Å². The molecule has 0 saturated carbocycles. The van der Waals surface area contributed by atoms with E-state index >= 15 is 0 Å². The molecule has 6 nitrogen and oxygen atoms in total. The Morgan fingerprint density at radius 3 is 2.72 bits per heavy atom. The lowest BCUT2D eigenvalue weighted by Crippen LogP contribution is -2.49. The molecule has 3 aliphatic heterocycles. The summed E-state index contributed by atoms with van der Waals surface area (Å²) in [6.45, 7) is 3.04. The number of aryl methyl sites for hydroxylation is 1. The van der Waals surface area contributed by atoms with Crippen LogP contribution in [-0.4, -0.2) is 53.1 Å². The second-order valence-corrected chi connectivity index (χ2v) is 7.98. The van der Waals surface area contributed by atoms with Crippen LogP contribution in [0.4, 0.5) is 0 Å². The van der Waals surface area contributed by atoms with Gasteiger partial charge in [-0.3, -0.25) is 9.59 Å². The molecule has 3 fully saturated rings. The van der Waals surface area contributed by atoms with Crippen LogP contribution < -0.4 is 4.74 Å². The predicted octanol–water partition coefficient (Wildman–Crippen LogP) is 2.67. The van der Waals surface area contributed by atoms with Gasteiger partial charge in [-0.05, 0) is 24.1 Å². The maximum atomic E-state index is 12.9. The molecule has 2 amide bonds. The summed E-state index contributed by atoms with van der Waals surface area (Å²) in [6.07, 6.45) is 0.807. The highest BCUT2D eigenvalue weighted by atomic mass is 16.5. The zero-order valence-electron chi connectivity index (χ0n) is 16.4. The fourth-order valence-corrected chi connectivity index (χ4v) is 4.91. The number of likely N-dealkylation sites (tertiary alicyclic amines) is 1. The summed E-state index contributed by atoms with van der Waals surface area (Å²) >= 11 is 0. The number of rotatable bonds is 4. The Kier molecular flexibility index (Phi) is 4.32. The van der Waals surface area contributed by atoms with E-state index in [2.05, 4.69) is 0 Å². The quantitative estimate of drug-likeness (QED) is 0.803. The summed E-state index contributed by atoms with van der Waals surface area (Å²) in [4.78, 5) is 29.3. The molecule has 150 valence electrons. The highest BCUT2D eigenvalue weighted by molar-refractivity contribution is 5.85. The number of ether oxygens (including phenoxy) is 2. The number of hydrogen-bond acceptors (Lipinski definition) is 4. The van der Waals surface area contributed by atoms with Gasteiger partial charge in [-0.25, -0.2) is 0 Å². The number of carbonyl (C=O) groups is 2. The molecule has 3 heterocycles. The van der Waals surface area contributed by atoms with Gasteiger partial charge in [0.05, 0.1) is 19.0 Å². The number of amides is 2. The van der Waals surface area contributed by atoms with Gasteiger partial charge in [0.15, 0.2) is 12.3 Å². The highest BCUT2D eigenvalue weighted by Gasteiger charge is 2.64. The molecule has 5 rings (SSSR count). The third kappa shape index (κ3) is 2.90. The van der Waals surface area contributed by atoms with Gasteiger partial charge in [0.25, 0.3) is 5.91 Å². The van der Waals surface area contributed by atoms with Crippen molar-refractivity contribution in [2.24, 2.45) is 0 Å². The first kappa shape index (κ1) is 18.2. The summed E-state index contributed by atoms with van der Waals surface area (Å²) in [7, 11) is 0. The maximum absolute atomic E-state index is 12.9. The molecule has 2 aromatic carbocycles. The van der Waals surface area contributed by atoms with Crippen molar-refractivity contribution in [2.75, 3.05) is 19.7 Å². The second kappa shape index (κ2) is 6.88. The van der Waals surface area contributed by atoms with Gasteiger partial charge in [-0.2, -0.15) is 0 Å². The Bertz CT molecular complexity index is 947. The molecule has 0 aliphatic carbocycles. The smallest absolute Gasteiger partial charge is 0.260 e. The fraction of sp³-hybridized carbons (Fsp3) is 0.391. The van der Waals surface area contributed by atoms with E-state index in [0.29, 0.717) is 31.7 Å². The number of benzene rings is 2. The van der Waals surface area contributed by atoms with Crippen molar-refractivity contribution in [1.29, 1.82) is 0 Å². The van der Waals surface area contributed by atoms with Crippen molar-refractivity contribution in [3.63, 3.8) is 0 Å². The highest BCUT2D eigenvalue weighted by Crippen LogP contribution is 2.50. The van der Waals surface area contributed by atoms with Crippen LogP contribution in [0.15, 0.2) is 54.6 Å². The summed E-state index contributed by atoms with van der Waals surface area (Å²) in [5.41, 5.74) is 1.36. The molecule has 0 bridgehead atoms. The largest absolute Gasteiger partial charge is 0.484 e. The van der Waals surface area contributed by atoms with Crippen molar-refractivity contribution >= 4 is 11.8 Å². The Hall–Kier alpha value is -2.86. The molecule has 6 heteroatoms. The normalized spacial score (nSPS) is 27.8. The molecule has 0 radical (unpaired) electrons. The SMILES string of the molecule is Cc1ccccc1OCC(=O)N1CC[C@@]23O[C@H](c4ccccc4)CN2C(=O)C[C@@H]13. The minimum atomic E-state index is -0.698. The Morgan fingerprint density at radius 2 is 1.93 bits per heavy atom. The minimum Gasteiger partial charge on any atom is -0.484 e. The van der Waals surface area contributed by atoms with E-state index in [1.807, 2.05) is 66.4 Å². The van der Waals surface area contributed by atoms with Crippen LogP contribution in [0.25, 0.3) is 0 Å². The van der Waals surface area contributed by atoms with Crippen LogP contribution >= 0.6 is 0 Å². The molecule has 0 aromatic heterocycles. The average Bonchev–Trinajstić information content (AvgIpc) is 3.36. The molecule has 3 aliphatic rings. The van der Waals surface area contributed by atoms with E-state index in [9.17, 15) is 9.59 Å². The molecular formula is C23H24N2O4. The Morgan fingerprint density at radius 1 is 1.17 bits per heavy atom. The van der Waals surface area contributed by atoms with Crippen molar-refractivity contribution < 1.29 is 19.1 Å². The van der Waals surface area contributed by atoms with Gasteiger partial charge in [-0.15, -0.1) is 0 Å². The van der Waals surface area contributed by atoms with Gasteiger partial charge in [0.2, 0.25) is 5.91 Å². The van der Waals surface area contributed by atoms with Gasteiger partial charge < -0.3 is 19.3 Å². The molecule has 3 saturated heterocycles. The van der Waals surface area contributed by atoms with Crippen molar-refractivity contribution in [2.45, 2.75) is 37.6 Å². The van der Waals surface area contributed by atoms with E-state index in [-0.39, 0.29) is 30.6 Å². The van der Waals surface area contributed by atoms with Gasteiger partial charge in [0.1, 0.15) is 11.9 Å². The summed E-state index contributed by atoms with van der Waals surface area (Å²) in [6, 6.07) is 17.4. The lowest BCUT2D eigenvalue weighted by Gasteiger charge is -2.32. The monoisotopic (exact) mass is 392 g/mol. The fourth-order valence-electron chi connectivity index (χ4n) is 4.91. The summed E-state index contributed by atoms with van der Waals surface area (Å²) in [5.74, 6) is 0.669. The third-order valence-corrected chi connectivity index (χ3v) is 6.36. The first-order valence-corrected chi connectivity index (χ1v) is 10.1. The van der Waals surface area contributed by atoms with Crippen molar-refractivity contribution in [1.82, 2.24) is 9.80 Å². The molecule has 1 spiro atoms. The van der Waals surface area contributed by atoms with E-state index in [1.54, 1.807) is 4.90 Å². The maximum Gasteiger partial charge on any atom is 0.260 e. The predicted molar refractivity (Wildman–Crippen MR) is 106 cm³/mol. The topological polar surface area (TPSA) is 59.1 Å². The number of para-hydroxylation sites is 1. The third-order valence-electron chi connectivity index (χ3n) is 6.36. The molecule has 3 atom stereocenters. The molecule has 0 N–H and O–H groups in total. The van der Waals surface area contributed by atoms with Crippen molar-refractivity contribution in [3.05, 3.63) is 65.7 Å². The molecular weight excluding hydrogens is 368 g/mol. The first-order chi connectivity index (χ1) is 14.1. The zero-order valence-corrected chi connectivity index (χ0v) is 16.4. The minimum absolute atomic E-state index is 0.0340. The number of carbonyl (C=O) groups excluding carboxylic acids is 2. The zero-order chi connectivity index (χ0) is 20.0. The standard InChI is InChI=1S/C23H24N2O4/c1-16-7-5-6-10-18(16)28-15-22(27)24-12-11-23-20(24)13-21(26)25(23)14-19(29-23)17-8-3-2-4-9-17/h2-10,19-20H,11-15H2,1H3/t19-,20+,23-/m0/s1. The van der Waals surface area contributed by atoms with Crippen LogP contribution in [0.3, 0.4) is 0 Å². The van der Waals surface area contributed by atoms with E-state index in [4.69, 9.17) is 9.47 Å². The molecule has 2 aromatic rings.